The van der Waals surface area contributed by atoms with Gasteiger partial charge in [-0.3, -0.25) is 4.99 Å². The summed E-state index contributed by atoms with van der Waals surface area (Å²) < 4.78 is 5.76. The quantitative estimate of drug-likeness (QED) is 0.127. The molecule has 0 spiro atoms. The molecule has 1 atom stereocenters. The fraction of sp³-hybridized carbons (Fsp3) is 0.381. The molecular formula is C21H33N3O3. The van der Waals surface area contributed by atoms with Crippen LogP contribution in [0.25, 0.3) is 0 Å². The maximum absolute atomic E-state index is 9.09. The molecule has 0 aromatic heterocycles. The highest BCUT2D eigenvalue weighted by Gasteiger charge is 2.09. The normalized spacial score (nSPS) is 13.1. The van der Waals surface area contributed by atoms with Gasteiger partial charge in [-0.2, -0.15) is 0 Å². The lowest BCUT2D eigenvalue weighted by atomic mass is 10.2. The van der Waals surface area contributed by atoms with Crippen LogP contribution < -0.4 is 5.32 Å². The van der Waals surface area contributed by atoms with Gasteiger partial charge < -0.3 is 25.2 Å². The van der Waals surface area contributed by atoms with Crippen molar-refractivity contribution in [2.24, 2.45) is 4.99 Å². The highest BCUT2D eigenvalue weighted by Crippen LogP contribution is 2.06. The van der Waals surface area contributed by atoms with E-state index in [1.54, 1.807) is 24.4 Å². The van der Waals surface area contributed by atoms with Gasteiger partial charge in [0.15, 0.2) is 6.29 Å². The highest BCUT2D eigenvalue weighted by atomic mass is 16.5. The SMILES string of the molecule is C=C/C=C(\C=C\N(C)C(=C)C=C)OCCCCNC(C=NC=C)CC(O)O. The van der Waals surface area contributed by atoms with E-state index in [9.17, 15) is 0 Å². The summed E-state index contributed by atoms with van der Waals surface area (Å²) in [6.07, 6.45) is 12.4. The Balaban J connectivity index is 4.25. The Kier molecular flexibility index (Phi) is 14.4. The molecule has 0 rings (SSSR count). The number of nitrogens with one attached hydrogen (secondary N) is 1. The fourth-order valence-corrected chi connectivity index (χ4v) is 1.99. The predicted octanol–water partition coefficient (Wildman–Crippen LogP) is 2.87. The summed E-state index contributed by atoms with van der Waals surface area (Å²) in [5.74, 6) is 0.709. The Morgan fingerprint density at radius 1 is 1.26 bits per heavy atom. The minimum absolute atomic E-state index is 0.175. The number of nitrogens with zero attached hydrogens (tertiary/aromatic N) is 2. The van der Waals surface area contributed by atoms with Gasteiger partial charge in [0.05, 0.1) is 6.61 Å². The molecule has 6 heteroatoms. The van der Waals surface area contributed by atoms with E-state index in [1.165, 1.54) is 6.20 Å². The lowest BCUT2D eigenvalue weighted by Crippen LogP contribution is -2.34. The van der Waals surface area contributed by atoms with Crippen LogP contribution in [0.2, 0.25) is 0 Å². The van der Waals surface area contributed by atoms with Crippen LogP contribution >= 0.6 is 0 Å². The number of hydrogen-bond donors (Lipinski definition) is 3. The first-order chi connectivity index (χ1) is 12.9. The topological polar surface area (TPSA) is 77.3 Å². The molecule has 0 heterocycles. The zero-order valence-electron chi connectivity index (χ0n) is 16.3. The lowest BCUT2D eigenvalue weighted by Gasteiger charge is -2.15. The summed E-state index contributed by atoms with van der Waals surface area (Å²) in [6, 6.07) is -0.212. The zero-order valence-corrected chi connectivity index (χ0v) is 16.3. The first-order valence-corrected chi connectivity index (χ1v) is 8.86. The maximum Gasteiger partial charge on any atom is 0.153 e. The smallest absolute Gasteiger partial charge is 0.153 e. The number of aliphatic hydroxyl groups is 2. The molecular weight excluding hydrogens is 342 g/mol. The first kappa shape index (κ1) is 24.6. The van der Waals surface area contributed by atoms with Gasteiger partial charge in [-0.25, -0.2) is 0 Å². The van der Waals surface area contributed by atoms with Crippen molar-refractivity contribution >= 4 is 6.21 Å². The van der Waals surface area contributed by atoms with Crippen molar-refractivity contribution < 1.29 is 14.9 Å². The average Bonchev–Trinajstić information content (AvgIpc) is 2.64. The third-order valence-corrected chi connectivity index (χ3v) is 3.52. The molecule has 0 fully saturated rings. The Bertz CT molecular complexity index is 551. The molecule has 0 aliphatic carbocycles. The van der Waals surface area contributed by atoms with Gasteiger partial charge in [0.2, 0.25) is 0 Å². The first-order valence-electron chi connectivity index (χ1n) is 8.86. The minimum Gasteiger partial charge on any atom is -0.494 e. The summed E-state index contributed by atoms with van der Waals surface area (Å²) in [4.78, 5) is 5.77. The van der Waals surface area contributed by atoms with Crippen LogP contribution in [0.15, 0.2) is 79.5 Å². The molecule has 0 radical (unpaired) electrons. The van der Waals surface area contributed by atoms with Crippen molar-refractivity contribution in [3.8, 4) is 0 Å². The minimum atomic E-state index is -1.38. The maximum atomic E-state index is 9.09. The monoisotopic (exact) mass is 375 g/mol. The van der Waals surface area contributed by atoms with E-state index < -0.39 is 6.29 Å². The summed E-state index contributed by atoms with van der Waals surface area (Å²) in [5.41, 5.74) is 0.790. The highest BCUT2D eigenvalue weighted by molar-refractivity contribution is 5.65. The molecule has 6 nitrogen and oxygen atoms in total. The van der Waals surface area contributed by atoms with Crippen LogP contribution in [-0.2, 0) is 4.74 Å². The van der Waals surface area contributed by atoms with Crippen LogP contribution in [0, 0.1) is 0 Å². The van der Waals surface area contributed by atoms with Gasteiger partial charge in [0, 0.05) is 43.8 Å². The van der Waals surface area contributed by atoms with Crippen molar-refractivity contribution in [1.29, 1.82) is 0 Å². The van der Waals surface area contributed by atoms with E-state index >= 15 is 0 Å². The molecule has 3 N–H and O–H groups in total. The average molecular weight is 376 g/mol. The van der Waals surface area contributed by atoms with E-state index in [0.717, 1.165) is 18.5 Å². The second-order valence-electron chi connectivity index (χ2n) is 5.74. The molecule has 150 valence electrons. The van der Waals surface area contributed by atoms with Crippen molar-refractivity contribution in [1.82, 2.24) is 10.2 Å². The Morgan fingerprint density at radius 3 is 2.59 bits per heavy atom. The van der Waals surface area contributed by atoms with Crippen LogP contribution in [0.1, 0.15) is 19.3 Å². The molecule has 0 amide bonds. The molecule has 0 saturated heterocycles. The predicted molar refractivity (Wildman–Crippen MR) is 113 cm³/mol. The van der Waals surface area contributed by atoms with E-state index in [4.69, 9.17) is 14.9 Å². The molecule has 0 aromatic carbocycles. The molecule has 27 heavy (non-hydrogen) atoms. The van der Waals surface area contributed by atoms with Crippen molar-refractivity contribution in [2.75, 3.05) is 20.2 Å². The van der Waals surface area contributed by atoms with Crippen molar-refractivity contribution in [3.63, 3.8) is 0 Å². The van der Waals surface area contributed by atoms with E-state index in [2.05, 4.69) is 36.6 Å². The molecule has 0 bridgehead atoms. The number of hydrogen-bond acceptors (Lipinski definition) is 6. The second kappa shape index (κ2) is 15.8. The molecule has 0 aliphatic rings. The number of rotatable bonds is 16. The van der Waals surface area contributed by atoms with Crippen LogP contribution in [0.5, 0.6) is 0 Å². The summed E-state index contributed by atoms with van der Waals surface area (Å²) in [7, 11) is 1.88. The number of aliphatic imine (C=N–C) groups is 1. The Hall–Kier alpha value is -2.41. The standard InChI is InChI=1S/C21H33N3O3/c1-6-11-20(12-14-24(5)18(4)7-2)27-15-10-9-13-23-19(16-21(25)26)17-22-8-3/h6-8,11-12,14,17,19,21,23,25-26H,1-4,9-10,13,15-16H2,5H3/b14-12+,20-11+,22-17?. The van der Waals surface area contributed by atoms with Gasteiger partial charge in [-0.1, -0.05) is 32.4 Å². The molecule has 0 saturated carbocycles. The van der Waals surface area contributed by atoms with E-state index in [0.29, 0.717) is 18.9 Å². The summed E-state index contributed by atoms with van der Waals surface area (Å²) in [5, 5.41) is 21.4. The third kappa shape index (κ3) is 13.5. The van der Waals surface area contributed by atoms with E-state index in [1.807, 2.05) is 24.2 Å². The van der Waals surface area contributed by atoms with Gasteiger partial charge in [-0.05, 0) is 37.6 Å². The Labute approximate surface area is 163 Å². The van der Waals surface area contributed by atoms with Crippen LogP contribution in [0.4, 0.5) is 0 Å². The third-order valence-electron chi connectivity index (χ3n) is 3.52. The van der Waals surface area contributed by atoms with Crippen LogP contribution in [0.3, 0.4) is 0 Å². The Morgan fingerprint density at radius 2 is 2.00 bits per heavy atom. The van der Waals surface area contributed by atoms with Gasteiger partial charge >= 0.3 is 0 Å². The summed E-state index contributed by atoms with van der Waals surface area (Å²) in [6.45, 7) is 16.0. The van der Waals surface area contributed by atoms with Gasteiger partial charge in [-0.15, -0.1) is 0 Å². The molecule has 1 unspecified atom stereocenters. The summed E-state index contributed by atoms with van der Waals surface area (Å²) >= 11 is 0. The van der Waals surface area contributed by atoms with E-state index in [-0.39, 0.29) is 12.5 Å². The largest absolute Gasteiger partial charge is 0.494 e. The second-order valence-corrected chi connectivity index (χ2v) is 5.74. The van der Waals surface area contributed by atoms with Crippen molar-refractivity contribution in [3.05, 3.63) is 74.5 Å². The molecule has 0 aromatic rings. The number of allylic oxidation sites excluding steroid dienone is 4. The lowest BCUT2D eigenvalue weighted by molar-refractivity contribution is -0.0473. The number of aliphatic hydroxyl groups excluding tert-OH is 1. The number of ether oxygens (including phenoxy) is 1. The fourth-order valence-electron chi connectivity index (χ4n) is 1.99. The van der Waals surface area contributed by atoms with Crippen molar-refractivity contribution in [2.45, 2.75) is 31.6 Å². The molecule has 0 aliphatic heterocycles. The zero-order chi connectivity index (χ0) is 20.5. The van der Waals surface area contributed by atoms with Crippen LogP contribution in [-0.4, -0.2) is 53.9 Å². The van der Waals surface area contributed by atoms with Gasteiger partial charge in [0.25, 0.3) is 0 Å². The number of unbranched alkanes of at least 4 members (excludes halogenated alkanes) is 1. The van der Waals surface area contributed by atoms with Gasteiger partial charge in [0.1, 0.15) is 5.76 Å². The number of likely N-dealkylation sites (N-methyl/N-ethyl adjacent to an activating group) is 1.